The first-order valence-electron chi connectivity index (χ1n) is 10.4. The van der Waals surface area contributed by atoms with Crippen LogP contribution in [0.1, 0.15) is 37.7 Å². The van der Waals surface area contributed by atoms with E-state index in [2.05, 4.69) is 5.32 Å². The van der Waals surface area contributed by atoms with Gasteiger partial charge in [-0.15, -0.1) is 0 Å². The zero-order valence-electron chi connectivity index (χ0n) is 17.2. The zero-order chi connectivity index (χ0) is 21.5. The summed E-state index contributed by atoms with van der Waals surface area (Å²) in [5.74, 6) is -1.02. The predicted molar refractivity (Wildman–Crippen MR) is 107 cm³/mol. The van der Waals surface area contributed by atoms with Crippen LogP contribution >= 0.6 is 0 Å². The Balaban J connectivity index is 1.32. The maximum absolute atomic E-state index is 12.4. The summed E-state index contributed by atoms with van der Waals surface area (Å²) in [5, 5.41) is 2.69. The molecular formula is C22H28N2O6. The number of esters is 1. The van der Waals surface area contributed by atoms with Gasteiger partial charge in [-0.1, -0.05) is 25.0 Å². The van der Waals surface area contributed by atoms with Crippen LogP contribution in [0.3, 0.4) is 0 Å². The van der Waals surface area contributed by atoms with Crippen LogP contribution in [-0.2, 0) is 30.3 Å². The Kier molecular flexibility index (Phi) is 7.43. The highest BCUT2D eigenvalue weighted by Crippen LogP contribution is 2.37. The SMILES string of the molecule is COc1ccc(CCNC(=O)COC(=O)CCN2C(=O)[C@H]3CCCC[C@@H]3C2=O)cc1. The highest BCUT2D eigenvalue weighted by molar-refractivity contribution is 6.05. The molecule has 2 atom stereocenters. The molecule has 1 N–H and O–H groups in total. The number of carbonyl (C=O) groups excluding carboxylic acids is 4. The van der Waals surface area contributed by atoms with Gasteiger partial charge in [0.05, 0.1) is 25.4 Å². The topological polar surface area (TPSA) is 102 Å². The van der Waals surface area contributed by atoms with Crippen LogP contribution in [0.25, 0.3) is 0 Å². The highest BCUT2D eigenvalue weighted by Gasteiger charge is 2.47. The number of hydrogen-bond acceptors (Lipinski definition) is 6. The fraction of sp³-hybridized carbons (Fsp3) is 0.545. The fourth-order valence-electron chi connectivity index (χ4n) is 4.06. The lowest BCUT2D eigenvalue weighted by Crippen LogP contribution is -2.34. The van der Waals surface area contributed by atoms with Crippen molar-refractivity contribution >= 4 is 23.7 Å². The van der Waals surface area contributed by atoms with Crippen LogP contribution in [0.2, 0.25) is 0 Å². The van der Waals surface area contributed by atoms with Crippen LogP contribution in [-0.4, -0.2) is 55.4 Å². The Morgan fingerprint density at radius 1 is 1.07 bits per heavy atom. The van der Waals surface area contributed by atoms with Crippen molar-refractivity contribution in [1.29, 1.82) is 0 Å². The lowest BCUT2D eigenvalue weighted by atomic mass is 9.81. The quantitative estimate of drug-likeness (QED) is 0.483. The number of benzene rings is 1. The minimum Gasteiger partial charge on any atom is -0.497 e. The molecule has 1 aromatic carbocycles. The van der Waals surface area contributed by atoms with Crippen molar-refractivity contribution in [3.05, 3.63) is 29.8 Å². The molecule has 2 fully saturated rings. The van der Waals surface area contributed by atoms with Crippen LogP contribution in [0.4, 0.5) is 0 Å². The largest absolute Gasteiger partial charge is 0.497 e. The van der Waals surface area contributed by atoms with E-state index in [-0.39, 0.29) is 43.2 Å². The van der Waals surface area contributed by atoms with Gasteiger partial charge in [0.2, 0.25) is 11.8 Å². The molecule has 1 saturated heterocycles. The number of nitrogens with one attached hydrogen (secondary N) is 1. The number of hydrogen-bond donors (Lipinski definition) is 1. The van der Waals surface area contributed by atoms with Gasteiger partial charge in [0.25, 0.3) is 5.91 Å². The normalized spacial score (nSPS) is 20.6. The third-order valence-corrected chi connectivity index (χ3v) is 5.73. The van der Waals surface area contributed by atoms with Crippen molar-refractivity contribution in [2.45, 2.75) is 38.5 Å². The molecule has 162 valence electrons. The minimum atomic E-state index is -0.601. The van der Waals surface area contributed by atoms with Crippen molar-refractivity contribution in [2.24, 2.45) is 11.8 Å². The molecule has 0 radical (unpaired) electrons. The van der Waals surface area contributed by atoms with Gasteiger partial charge in [-0.2, -0.15) is 0 Å². The van der Waals surface area contributed by atoms with Gasteiger partial charge in [-0.25, -0.2) is 0 Å². The first-order valence-corrected chi connectivity index (χ1v) is 10.4. The van der Waals surface area contributed by atoms with Gasteiger partial charge in [0.15, 0.2) is 6.61 Å². The number of carbonyl (C=O) groups is 4. The molecule has 8 nitrogen and oxygen atoms in total. The summed E-state index contributed by atoms with van der Waals surface area (Å²) in [7, 11) is 1.60. The number of rotatable bonds is 9. The van der Waals surface area contributed by atoms with Gasteiger partial charge >= 0.3 is 5.97 Å². The van der Waals surface area contributed by atoms with Crippen molar-refractivity contribution in [2.75, 3.05) is 26.8 Å². The third kappa shape index (κ3) is 5.37. The van der Waals surface area contributed by atoms with Crippen LogP contribution in [0, 0.1) is 11.8 Å². The standard InChI is InChI=1S/C22H28N2O6/c1-29-16-8-6-15(7-9-16)10-12-23-19(25)14-30-20(26)11-13-24-21(27)17-4-2-3-5-18(17)22(24)28/h6-9,17-18H,2-5,10-14H2,1H3,(H,23,25)/t17-,18-/m0/s1. The molecular weight excluding hydrogens is 388 g/mol. The van der Waals surface area contributed by atoms with Crippen LogP contribution < -0.4 is 10.1 Å². The Bertz CT molecular complexity index is 767. The number of fused-ring (bicyclic) bond motifs is 1. The van der Waals surface area contributed by atoms with Gasteiger partial charge in [0.1, 0.15) is 5.75 Å². The van der Waals surface area contributed by atoms with E-state index in [1.54, 1.807) is 7.11 Å². The first-order chi connectivity index (χ1) is 14.5. The smallest absolute Gasteiger partial charge is 0.308 e. The van der Waals surface area contributed by atoms with E-state index >= 15 is 0 Å². The summed E-state index contributed by atoms with van der Waals surface area (Å²) in [6.07, 6.45) is 3.95. The molecule has 30 heavy (non-hydrogen) atoms. The maximum atomic E-state index is 12.4. The van der Waals surface area contributed by atoms with Crippen LogP contribution in [0.15, 0.2) is 24.3 Å². The number of likely N-dealkylation sites (tertiary alicyclic amines) is 1. The Hall–Kier alpha value is -2.90. The second kappa shape index (κ2) is 10.2. The molecule has 8 heteroatoms. The maximum Gasteiger partial charge on any atom is 0.308 e. The fourth-order valence-corrected chi connectivity index (χ4v) is 4.06. The average molecular weight is 416 g/mol. The van der Waals surface area contributed by atoms with Crippen LogP contribution in [0.5, 0.6) is 5.75 Å². The number of methoxy groups -OCH3 is 1. The first kappa shape index (κ1) is 21.8. The molecule has 1 aliphatic heterocycles. The van der Waals surface area contributed by atoms with Crippen molar-refractivity contribution in [3.63, 3.8) is 0 Å². The summed E-state index contributed by atoms with van der Waals surface area (Å²) in [4.78, 5) is 49.7. The van der Waals surface area contributed by atoms with Gasteiger partial charge in [0, 0.05) is 13.1 Å². The monoisotopic (exact) mass is 416 g/mol. The minimum absolute atomic E-state index is 0.0165. The van der Waals surface area contributed by atoms with Gasteiger partial charge in [-0.05, 0) is 37.0 Å². The number of ether oxygens (including phenoxy) is 2. The molecule has 3 rings (SSSR count). The number of imide groups is 1. The molecule has 0 aromatic heterocycles. The summed E-state index contributed by atoms with van der Waals surface area (Å²) in [6.45, 7) is 0.0550. The lowest BCUT2D eigenvalue weighted by Gasteiger charge is -2.19. The molecule has 1 heterocycles. The van der Waals surface area contributed by atoms with Crippen molar-refractivity contribution in [3.8, 4) is 5.75 Å². The molecule has 0 unspecified atom stereocenters. The highest BCUT2D eigenvalue weighted by atomic mass is 16.5. The van der Waals surface area contributed by atoms with E-state index in [9.17, 15) is 19.2 Å². The number of nitrogens with zero attached hydrogens (tertiary/aromatic N) is 1. The molecule has 2 aliphatic rings. The molecule has 3 amide bonds. The van der Waals surface area contributed by atoms with E-state index in [4.69, 9.17) is 9.47 Å². The summed E-state index contributed by atoms with van der Waals surface area (Å²) in [6, 6.07) is 7.54. The summed E-state index contributed by atoms with van der Waals surface area (Å²) in [5.41, 5.74) is 1.05. The molecule has 1 saturated carbocycles. The zero-order valence-corrected chi connectivity index (χ0v) is 17.2. The number of amides is 3. The van der Waals surface area contributed by atoms with Gasteiger partial charge in [-0.3, -0.25) is 24.1 Å². The Morgan fingerprint density at radius 3 is 2.30 bits per heavy atom. The Morgan fingerprint density at radius 2 is 1.70 bits per heavy atom. The molecule has 0 spiro atoms. The second-order valence-electron chi connectivity index (χ2n) is 7.68. The van der Waals surface area contributed by atoms with E-state index < -0.39 is 11.9 Å². The second-order valence-corrected chi connectivity index (χ2v) is 7.68. The van der Waals surface area contributed by atoms with Gasteiger partial charge < -0.3 is 14.8 Å². The lowest BCUT2D eigenvalue weighted by molar-refractivity contribution is -0.149. The molecule has 1 aromatic rings. The predicted octanol–water partition coefficient (Wildman–Crippen LogP) is 1.46. The molecule has 1 aliphatic carbocycles. The van der Waals surface area contributed by atoms with Crippen molar-refractivity contribution in [1.82, 2.24) is 10.2 Å². The Labute approximate surface area is 175 Å². The average Bonchev–Trinajstić information content (AvgIpc) is 3.01. The van der Waals surface area contributed by atoms with E-state index in [0.717, 1.165) is 37.0 Å². The van der Waals surface area contributed by atoms with Crippen molar-refractivity contribution < 1.29 is 28.7 Å². The van der Waals surface area contributed by atoms with E-state index in [1.165, 1.54) is 4.90 Å². The summed E-state index contributed by atoms with van der Waals surface area (Å²) < 4.78 is 10.1. The molecule has 0 bridgehead atoms. The third-order valence-electron chi connectivity index (χ3n) is 5.73. The van der Waals surface area contributed by atoms with E-state index in [1.807, 2.05) is 24.3 Å². The van der Waals surface area contributed by atoms with E-state index in [0.29, 0.717) is 13.0 Å². The summed E-state index contributed by atoms with van der Waals surface area (Å²) >= 11 is 0.